The fraction of sp³-hybridized carbons (Fsp3) is 0.485. The quantitative estimate of drug-likeness (QED) is 0.298. The first-order valence-corrected chi connectivity index (χ1v) is 14.2. The molecular formula is C33H42FN3O4. The maximum atomic E-state index is 13.5. The van der Waals surface area contributed by atoms with Crippen molar-refractivity contribution in [3.63, 3.8) is 0 Å². The molecule has 1 atom stereocenters. The fourth-order valence-corrected chi connectivity index (χ4v) is 5.25. The van der Waals surface area contributed by atoms with E-state index >= 15 is 0 Å². The summed E-state index contributed by atoms with van der Waals surface area (Å²) in [4.78, 5) is 24.3. The van der Waals surface area contributed by atoms with Gasteiger partial charge in [-0.05, 0) is 76.6 Å². The Kier molecular flexibility index (Phi) is 9.02. The van der Waals surface area contributed by atoms with Crippen LogP contribution in [0.25, 0.3) is 11.1 Å². The van der Waals surface area contributed by atoms with Gasteiger partial charge in [0.15, 0.2) is 6.10 Å². The molecule has 0 radical (unpaired) electrons. The molecule has 1 aliphatic heterocycles. The van der Waals surface area contributed by atoms with Crippen molar-refractivity contribution in [2.24, 2.45) is 5.41 Å². The smallest absolute Gasteiger partial charge is 0.337 e. The van der Waals surface area contributed by atoms with Gasteiger partial charge in [-0.3, -0.25) is 4.98 Å². The summed E-state index contributed by atoms with van der Waals surface area (Å²) in [5.41, 5.74) is 4.88. The molecule has 0 saturated carbocycles. The zero-order chi connectivity index (χ0) is 29.9. The number of piperidine rings is 1. The number of carboxylic acids is 1. The Balaban J connectivity index is 1.72. The Morgan fingerprint density at radius 2 is 1.80 bits per heavy atom. The van der Waals surface area contributed by atoms with Gasteiger partial charge in [0.25, 0.3) is 0 Å². The number of carboxylic acid groups (broad SMARTS) is 1. The normalized spacial score (nSPS) is 16.0. The average molecular weight is 564 g/mol. The first-order chi connectivity index (χ1) is 19.2. The molecule has 4 rings (SSSR count). The maximum absolute atomic E-state index is 13.5. The molecule has 1 aliphatic rings. The Labute approximate surface area is 242 Å². The number of carbonyl (C=O) groups is 1. The lowest BCUT2D eigenvalue weighted by molar-refractivity contribution is -0.160. The van der Waals surface area contributed by atoms with E-state index < -0.39 is 17.7 Å². The molecule has 1 fully saturated rings. The second-order valence-corrected chi connectivity index (χ2v) is 12.6. The highest BCUT2D eigenvalue weighted by atomic mass is 19.1. The summed E-state index contributed by atoms with van der Waals surface area (Å²) in [6, 6.07) is 10.3. The number of hydrogen-bond acceptors (Lipinski definition) is 6. The molecule has 3 aromatic rings. The van der Waals surface area contributed by atoms with E-state index in [1.165, 1.54) is 12.1 Å². The third-order valence-corrected chi connectivity index (χ3v) is 7.56. The van der Waals surface area contributed by atoms with Crippen LogP contribution in [0.1, 0.15) is 76.1 Å². The molecule has 0 spiro atoms. The minimum Gasteiger partial charge on any atom is -0.479 e. The topological polar surface area (TPSA) is 84.8 Å². The lowest BCUT2D eigenvalue weighted by atomic mass is 9.82. The van der Waals surface area contributed by atoms with E-state index in [4.69, 9.17) is 14.5 Å². The number of hydrogen-bond donors (Lipinski definition) is 1. The summed E-state index contributed by atoms with van der Waals surface area (Å²) in [6.07, 6.45) is 3.18. The number of nitrogens with zero attached hydrogens (tertiary/aromatic N) is 3. The number of rotatable bonds is 9. The molecule has 0 bridgehead atoms. The SMILES string of the molecule is Cc1nc(OCCc2cccc(F)c2)ccc1-c1cnc(C)c(C(OC(C)(C)C)C(=O)O)c1N1CCC(C)(C)CC1. The van der Waals surface area contributed by atoms with E-state index in [-0.39, 0.29) is 11.2 Å². The van der Waals surface area contributed by atoms with Gasteiger partial charge in [-0.1, -0.05) is 26.0 Å². The van der Waals surface area contributed by atoms with Crippen molar-refractivity contribution < 1.29 is 23.8 Å². The number of aromatic nitrogens is 2. The Hall–Kier alpha value is -3.52. The molecular weight excluding hydrogens is 521 g/mol. The van der Waals surface area contributed by atoms with E-state index in [2.05, 4.69) is 23.7 Å². The van der Waals surface area contributed by atoms with Gasteiger partial charge in [0.2, 0.25) is 5.88 Å². The minimum absolute atomic E-state index is 0.217. The van der Waals surface area contributed by atoms with E-state index in [0.717, 1.165) is 54.0 Å². The van der Waals surface area contributed by atoms with E-state index in [0.29, 0.717) is 30.2 Å². The summed E-state index contributed by atoms with van der Waals surface area (Å²) in [5, 5.41) is 10.3. The summed E-state index contributed by atoms with van der Waals surface area (Å²) in [6.45, 7) is 15.8. The van der Waals surface area contributed by atoms with Crippen LogP contribution in [0.3, 0.4) is 0 Å². The highest BCUT2D eigenvalue weighted by Crippen LogP contribution is 2.44. The molecule has 1 N–H and O–H groups in total. The van der Waals surface area contributed by atoms with Crippen LogP contribution in [0, 0.1) is 25.1 Å². The van der Waals surface area contributed by atoms with Crippen molar-refractivity contribution in [3.8, 4) is 17.0 Å². The van der Waals surface area contributed by atoms with Crippen molar-refractivity contribution in [2.45, 2.75) is 79.4 Å². The number of pyridine rings is 2. The molecule has 1 saturated heterocycles. The highest BCUT2D eigenvalue weighted by molar-refractivity contribution is 5.87. The van der Waals surface area contributed by atoms with E-state index in [1.54, 1.807) is 6.07 Å². The molecule has 1 aromatic carbocycles. The summed E-state index contributed by atoms with van der Waals surface area (Å²) in [7, 11) is 0. The van der Waals surface area contributed by atoms with Gasteiger partial charge < -0.3 is 19.5 Å². The van der Waals surface area contributed by atoms with Crippen LogP contribution in [-0.2, 0) is 16.0 Å². The summed E-state index contributed by atoms with van der Waals surface area (Å²) < 4.78 is 25.5. The monoisotopic (exact) mass is 563 g/mol. The van der Waals surface area contributed by atoms with Crippen molar-refractivity contribution in [3.05, 3.63) is 70.9 Å². The maximum Gasteiger partial charge on any atom is 0.337 e. The third kappa shape index (κ3) is 7.61. The van der Waals surface area contributed by atoms with Gasteiger partial charge in [0.05, 0.1) is 17.9 Å². The first kappa shape index (κ1) is 30.4. The predicted octanol–water partition coefficient (Wildman–Crippen LogP) is 7.09. The predicted molar refractivity (Wildman–Crippen MR) is 159 cm³/mol. The highest BCUT2D eigenvalue weighted by Gasteiger charge is 2.36. The van der Waals surface area contributed by atoms with Crippen LogP contribution in [0.4, 0.5) is 10.1 Å². The standard InChI is InChI=1S/C33H42FN3O4/c1-21-25(11-12-27(36-21)40-18-13-23-9-8-10-24(34)19-23)26-20-35-22(2)28(30(31(38)39)41-32(3,4)5)29(26)37-16-14-33(6,7)15-17-37/h8-12,19-20,30H,13-18H2,1-7H3,(H,38,39). The van der Waals surface area contributed by atoms with Crippen LogP contribution < -0.4 is 9.64 Å². The van der Waals surface area contributed by atoms with Gasteiger partial charge in [0, 0.05) is 59.9 Å². The molecule has 1 unspecified atom stereocenters. The zero-order valence-corrected chi connectivity index (χ0v) is 25.3. The van der Waals surface area contributed by atoms with Crippen molar-refractivity contribution in [1.29, 1.82) is 0 Å². The van der Waals surface area contributed by atoms with Crippen molar-refractivity contribution in [1.82, 2.24) is 9.97 Å². The lowest BCUT2D eigenvalue weighted by Gasteiger charge is -2.41. The average Bonchev–Trinajstić information content (AvgIpc) is 2.87. The number of halogens is 1. The summed E-state index contributed by atoms with van der Waals surface area (Å²) >= 11 is 0. The van der Waals surface area contributed by atoms with Gasteiger partial charge in [0.1, 0.15) is 5.82 Å². The third-order valence-electron chi connectivity index (χ3n) is 7.56. The van der Waals surface area contributed by atoms with Crippen LogP contribution in [0.15, 0.2) is 42.6 Å². The van der Waals surface area contributed by atoms with E-state index in [1.807, 2.05) is 59.0 Å². The molecule has 2 aromatic heterocycles. The number of aryl methyl sites for hydroxylation is 2. The lowest BCUT2D eigenvalue weighted by Crippen LogP contribution is -2.39. The van der Waals surface area contributed by atoms with E-state index in [9.17, 15) is 14.3 Å². The Morgan fingerprint density at radius 1 is 1.10 bits per heavy atom. The van der Waals surface area contributed by atoms with Gasteiger partial charge >= 0.3 is 5.97 Å². The Bertz CT molecular complexity index is 1390. The van der Waals surface area contributed by atoms with Gasteiger partial charge in [-0.2, -0.15) is 0 Å². The van der Waals surface area contributed by atoms with Gasteiger partial charge in [-0.15, -0.1) is 0 Å². The molecule has 41 heavy (non-hydrogen) atoms. The number of aliphatic carboxylic acids is 1. The number of benzene rings is 1. The molecule has 3 heterocycles. The molecule has 8 heteroatoms. The minimum atomic E-state index is -1.17. The summed E-state index contributed by atoms with van der Waals surface area (Å²) in [5.74, 6) is -0.834. The number of anilines is 1. The fourth-order valence-electron chi connectivity index (χ4n) is 5.25. The molecule has 7 nitrogen and oxygen atoms in total. The molecule has 220 valence electrons. The first-order valence-electron chi connectivity index (χ1n) is 14.2. The second-order valence-electron chi connectivity index (χ2n) is 12.6. The van der Waals surface area contributed by atoms with Crippen molar-refractivity contribution >= 4 is 11.7 Å². The second kappa shape index (κ2) is 12.1. The van der Waals surface area contributed by atoms with Crippen LogP contribution in [0.5, 0.6) is 5.88 Å². The van der Waals surface area contributed by atoms with Crippen LogP contribution in [-0.4, -0.2) is 46.3 Å². The Morgan fingerprint density at radius 3 is 2.41 bits per heavy atom. The molecule has 0 aliphatic carbocycles. The van der Waals surface area contributed by atoms with Crippen LogP contribution >= 0.6 is 0 Å². The van der Waals surface area contributed by atoms with Crippen LogP contribution in [0.2, 0.25) is 0 Å². The molecule has 0 amide bonds. The zero-order valence-electron chi connectivity index (χ0n) is 25.3. The van der Waals surface area contributed by atoms with Gasteiger partial charge in [-0.25, -0.2) is 14.2 Å². The van der Waals surface area contributed by atoms with Crippen molar-refractivity contribution in [2.75, 3.05) is 24.6 Å². The number of ether oxygens (including phenoxy) is 2. The largest absolute Gasteiger partial charge is 0.479 e.